The molecule has 0 atom stereocenters. The minimum Gasteiger partial charge on any atom is -0.324 e. The summed E-state index contributed by atoms with van der Waals surface area (Å²) in [5.41, 5.74) is 6.02. The van der Waals surface area contributed by atoms with E-state index >= 15 is 0 Å². The van der Waals surface area contributed by atoms with E-state index in [0.29, 0.717) is 11.5 Å². The molecular weight excluding hydrogens is 462 g/mol. The molecule has 4 aromatic rings. The van der Waals surface area contributed by atoms with Crippen LogP contribution in [0, 0.1) is 6.92 Å². The average molecular weight is 494 g/mol. The molecule has 188 valence electrons. The van der Waals surface area contributed by atoms with Crippen LogP contribution in [0.4, 0.5) is 17.3 Å². The van der Waals surface area contributed by atoms with E-state index < -0.39 is 0 Å². The number of likely N-dealkylation sites (N-methyl/N-ethyl adjacent to an activating group) is 1. The van der Waals surface area contributed by atoms with Gasteiger partial charge in [0.25, 0.3) is 5.91 Å². The summed E-state index contributed by atoms with van der Waals surface area (Å²) >= 11 is 0. The van der Waals surface area contributed by atoms with Crippen molar-refractivity contribution >= 4 is 23.2 Å². The van der Waals surface area contributed by atoms with Crippen LogP contribution in [0.25, 0.3) is 11.3 Å². The Morgan fingerprint density at radius 3 is 2.54 bits per heavy atom. The number of aromatic nitrogens is 3. The summed E-state index contributed by atoms with van der Waals surface area (Å²) in [5.74, 6) is 0.290. The van der Waals surface area contributed by atoms with Crippen molar-refractivity contribution in [2.24, 2.45) is 0 Å². The van der Waals surface area contributed by atoms with E-state index in [1.165, 1.54) is 5.56 Å². The molecule has 0 saturated carbocycles. The number of anilines is 3. The highest BCUT2D eigenvalue weighted by Gasteiger charge is 2.14. The molecule has 8 heteroatoms. The molecule has 1 saturated heterocycles. The first-order valence-corrected chi connectivity index (χ1v) is 12.5. The summed E-state index contributed by atoms with van der Waals surface area (Å²) in [5, 5.41) is 6.27. The fourth-order valence-corrected chi connectivity index (χ4v) is 4.27. The highest BCUT2D eigenvalue weighted by atomic mass is 16.1. The zero-order chi connectivity index (χ0) is 25.6. The van der Waals surface area contributed by atoms with Crippen molar-refractivity contribution in [3.63, 3.8) is 0 Å². The second kappa shape index (κ2) is 11.3. The molecule has 0 bridgehead atoms. The predicted octanol–water partition coefficient (Wildman–Crippen LogP) is 4.59. The number of piperazine rings is 1. The van der Waals surface area contributed by atoms with Crippen LogP contribution in [0.3, 0.4) is 0 Å². The molecule has 2 aromatic heterocycles. The molecule has 1 aliphatic heterocycles. The molecular formula is C29H31N7O. The molecule has 0 aliphatic carbocycles. The summed E-state index contributed by atoms with van der Waals surface area (Å²) in [6, 6.07) is 19.3. The SMILES string of the molecule is Cc1ccc(C(=O)Nc2ccc(CN3CCN(C)CC3)cc2)cc1Nc1nccc(-c2cccnc2)n1. The number of aryl methyl sites for hydroxylation is 1. The first-order chi connectivity index (χ1) is 18.0. The van der Waals surface area contributed by atoms with Gasteiger partial charge in [0.15, 0.2) is 0 Å². The minimum atomic E-state index is -0.167. The van der Waals surface area contributed by atoms with Crippen molar-refractivity contribution in [2.45, 2.75) is 13.5 Å². The lowest BCUT2D eigenvalue weighted by Crippen LogP contribution is -2.43. The van der Waals surface area contributed by atoms with E-state index in [4.69, 9.17) is 0 Å². The van der Waals surface area contributed by atoms with Crippen molar-refractivity contribution in [3.8, 4) is 11.3 Å². The molecule has 0 radical (unpaired) electrons. The highest BCUT2D eigenvalue weighted by Crippen LogP contribution is 2.23. The fraction of sp³-hybridized carbons (Fsp3) is 0.241. The molecule has 0 spiro atoms. The Hall–Kier alpha value is -4.14. The van der Waals surface area contributed by atoms with Crippen molar-refractivity contribution in [1.29, 1.82) is 0 Å². The van der Waals surface area contributed by atoms with Crippen molar-refractivity contribution in [2.75, 3.05) is 43.9 Å². The van der Waals surface area contributed by atoms with Gasteiger partial charge in [-0.15, -0.1) is 0 Å². The number of hydrogen-bond acceptors (Lipinski definition) is 7. The lowest BCUT2D eigenvalue weighted by Gasteiger charge is -2.32. The Morgan fingerprint density at radius 2 is 1.78 bits per heavy atom. The topological polar surface area (TPSA) is 86.3 Å². The monoisotopic (exact) mass is 493 g/mol. The number of amides is 1. The van der Waals surface area contributed by atoms with E-state index in [9.17, 15) is 4.79 Å². The Balaban J connectivity index is 1.24. The van der Waals surface area contributed by atoms with Gasteiger partial charge in [-0.05, 0) is 67.6 Å². The zero-order valence-corrected chi connectivity index (χ0v) is 21.2. The van der Waals surface area contributed by atoms with Crippen molar-refractivity contribution in [3.05, 3.63) is 95.9 Å². The van der Waals surface area contributed by atoms with Gasteiger partial charge < -0.3 is 15.5 Å². The van der Waals surface area contributed by atoms with Gasteiger partial charge in [0.2, 0.25) is 5.95 Å². The summed E-state index contributed by atoms with van der Waals surface area (Å²) < 4.78 is 0. The zero-order valence-electron chi connectivity index (χ0n) is 21.2. The maximum absolute atomic E-state index is 13.0. The maximum atomic E-state index is 13.0. The van der Waals surface area contributed by atoms with Crippen LogP contribution in [0.5, 0.6) is 0 Å². The number of nitrogens with one attached hydrogen (secondary N) is 2. The molecule has 3 heterocycles. The number of rotatable bonds is 7. The highest BCUT2D eigenvalue weighted by molar-refractivity contribution is 6.05. The lowest BCUT2D eigenvalue weighted by molar-refractivity contribution is 0.102. The second-order valence-corrected chi connectivity index (χ2v) is 9.39. The molecule has 0 unspecified atom stereocenters. The van der Waals surface area contributed by atoms with Crippen LogP contribution < -0.4 is 10.6 Å². The molecule has 2 N–H and O–H groups in total. The van der Waals surface area contributed by atoms with Crippen molar-refractivity contribution in [1.82, 2.24) is 24.8 Å². The number of nitrogens with zero attached hydrogens (tertiary/aromatic N) is 5. The average Bonchev–Trinajstić information content (AvgIpc) is 2.93. The van der Waals surface area contributed by atoms with Gasteiger partial charge in [0, 0.05) is 73.8 Å². The summed E-state index contributed by atoms with van der Waals surface area (Å²) in [6.07, 6.45) is 5.20. The first kappa shape index (κ1) is 24.5. The lowest BCUT2D eigenvalue weighted by atomic mass is 10.1. The molecule has 2 aromatic carbocycles. The second-order valence-electron chi connectivity index (χ2n) is 9.39. The summed E-state index contributed by atoms with van der Waals surface area (Å²) in [4.78, 5) is 30.9. The van der Waals surface area contributed by atoms with Gasteiger partial charge in [-0.3, -0.25) is 14.7 Å². The number of benzene rings is 2. The van der Waals surface area contributed by atoms with Crippen molar-refractivity contribution < 1.29 is 4.79 Å². The third kappa shape index (κ3) is 6.35. The number of pyridine rings is 1. The molecule has 1 aliphatic rings. The third-order valence-electron chi connectivity index (χ3n) is 6.57. The van der Waals surface area contributed by atoms with E-state index in [1.54, 1.807) is 18.6 Å². The van der Waals surface area contributed by atoms with Crippen LogP contribution in [0.2, 0.25) is 0 Å². The Morgan fingerprint density at radius 1 is 0.973 bits per heavy atom. The van der Waals surface area contributed by atoms with E-state index in [0.717, 1.165) is 60.9 Å². The van der Waals surface area contributed by atoms with Gasteiger partial charge in [-0.25, -0.2) is 9.97 Å². The predicted molar refractivity (Wildman–Crippen MR) is 147 cm³/mol. The Kier molecular flexibility index (Phi) is 7.49. The van der Waals surface area contributed by atoms with Crippen LogP contribution in [0.1, 0.15) is 21.5 Å². The van der Waals surface area contributed by atoms with Crippen LogP contribution >= 0.6 is 0 Å². The standard InChI is InChI=1S/C29H31N7O/c1-21-5-8-23(18-27(21)34-29-31-13-11-26(33-29)24-4-3-12-30-19-24)28(37)32-25-9-6-22(7-10-25)20-36-16-14-35(2)15-17-36/h3-13,18-19H,14-17,20H2,1-2H3,(H,32,37)(H,31,33,34). The van der Waals surface area contributed by atoms with E-state index in [2.05, 4.69) is 54.6 Å². The minimum absolute atomic E-state index is 0.167. The van der Waals surface area contributed by atoms with Gasteiger partial charge in [0.1, 0.15) is 0 Å². The largest absolute Gasteiger partial charge is 0.324 e. The molecule has 1 fully saturated rings. The van der Waals surface area contributed by atoms with Crippen LogP contribution in [-0.2, 0) is 6.54 Å². The van der Waals surface area contributed by atoms with Gasteiger partial charge in [-0.1, -0.05) is 18.2 Å². The molecule has 37 heavy (non-hydrogen) atoms. The van der Waals surface area contributed by atoms with Crippen LogP contribution in [0.15, 0.2) is 79.3 Å². The fourth-order valence-electron chi connectivity index (χ4n) is 4.27. The summed E-state index contributed by atoms with van der Waals surface area (Å²) in [7, 11) is 2.16. The quantitative estimate of drug-likeness (QED) is 0.389. The third-order valence-corrected chi connectivity index (χ3v) is 6.57. The van der Waals surface area contributed by atoms with E-state index in [-0.39, 0.29) is 5.91 Å². The van der Waals surface area contributed by atoms with E-state index in [1.807, 2.05) is 55.5 Å². The first-order valence-electron chi connectivity index (χ1n) is 12.5. The Bertz CT molecular complexity index is 1350. The molecule has 5 rings (SSSR count). The molecule has 1 amide bonds. The number of carbonyl (C=O) groups is 1. The Labute approximate surface area is 217 Å². The normalized spacial score (nSPS) is 14.3. The van der Waals surface area contributed by atoms with Gasteiger partial charge >= 0.3 is 0 Å². The van der Waals surface area contributed by atoms with Crippen LogP contribution in [-0.4, -0.2) is 63.9 Å². The summed E-state index contributed by atoms with van der Waals surface area (Å²) in [6.45, 7) is 7.27. The molecule has 8 nitrogen and oxygen atoms in total. The smallest absolute Gasteiger partial charge is 0.255 e. The van der Waals surface area contributed by atoms with Gasteiger partial charge in [-0.2, -0.15) is 0 Å². The number of carbonyl (C=O) groups excluding carboxylic acids is 1. The van der Waals surface area contributed by atoms with Gasteiger partial charge in [0.05, 0.1) is 5.69 Å². The number of hydrogen-bond donors (Lipinski definition) is 2. The maximum Gasteiger partial charge on any atom is 0.255 e.